The van der Waals surface area contributed by atoms with Crippen LogP contribution in [0.2, 0.25) is 5.02 Å². The van der Waals surface area contributed by atoms with E-state index in [9.17, 15) is 5.11 Å². The van der Waals surface area contributed by atoms with Crippen LogP contribution in [-0.2, 0) is 11.2 Å². The molecule has 0 aliphatic heterocycles. The van der Waals surface area contributed by atoms with Crippen LogP contribution >= 0.6 is 11.6 Å². The lowest BCUT2D eigenvalue weighted by atomic mass is 9.95. The number of benzene rings is 1. The minimum atomic E-state index is -1.19. The Kier molecular flexibility index (Phi) is 5.72. The summed E-state index contributed by atoms with van der Waals surface area (Å²) in [5.74, 6) is -0.398. The highest BCUT2D eigenvalue weighted by molar-refractivity contribution is 6.31. The number of anilines is 1. The number of fused-ring (bicyclic) bond motifs is 2. The van der Waals surface area contributed by atoms with E-state index in [0.717, 1.165) is 47.6 Å². The predicted molar refractivity (Wildman–Crippen MR) is 130 cm³/mol. The summed E-state index contributed by atoms with van der Waals surface area (Å²) in [5, 5.41) is 12.9. The van der Waals surface area contributed by atoms with Crippen molar-refractivity contribution >= 4 is 39.4 Å². The molecule has 0 saturated heterocycles. The molecule has 1 aliphatic rings. The summed E-state index contributed by atoms with van der Waals surface area (Å²) in [4.78, 5) is 13.0. The first-order chi connectivity index (χ1) is 15.8. The predicted octanol–water partition coefficient (Wildman–Crippen LogP) is 4.91. The molecule has 0 bridgehead atoms. The number of halogens is 1. The number of nitrogen functional groups attached to an aromatic ring is 1. The Morgan fingerprint density at radius 2 is 2.03 bits per heavy atom. The van der Waals surface area contributed by atoms with Crippen molar-refractivity contribution in [3.63, 3.8) is 0 Å². The Hall–Kier alpha value is -2.74. The third-order valence-electron chi connectivity index (χ3n) is 6.50. The molecule has 3 heterocycles. The average molecular weight is 466 g/mol. The molecule has 3 N–H and O–H groups in total. The third-order valence-corrected chi connectivity index (χ3v) is 6.70. The average Bonchev–Trinajstić information content (AvgIpc) is 3.36. The van der Waals surface area contributed by atoms with E-state index in [0.29, 0.717) is 16.8 Å². The quantitative estimate of drug-likeness (QED) is 0.392. The topological polar surface area (TPSA) is 99.1 Å². The van der Waals surface area contributed by atoms with Crippen molar-refractivity contribution in [2.75, 3.05) is 5.73 Å². The Labute approximate surface area is 197 Å². The second kappa shape index (κ2) is 8.56. The van der Waals surface area contributed by atoms with Gasteiger partial charge in [-0.1, -0.05) is 23.7 Å². The molecule has 1 aromatic carbocycles. The summed E-state index contributed by atoms with van der Waals surface area (Å²) in [6.45, 7) is 3.38. The fourth-order valence-electron chi connectivity index (χ4n) is 5.04. The van der Waals surface area contributed by atoms with Crippen molar-refractivity contribution in [1.29, 1.82) is 0 Å². The monoisotopic (exact) mass is 465 g/mol. The summed E-state index contributed by atoms with van der Waals surface area (Å²) >= 11 is 6.06. The summed E-state index contributed by atoms with van der Waals surface area (Å²) in [7, 11) is 0. The smallest absolute Gasteiger partial charge is 0.160 e. The largest absolute Gasteiger partial charge is 0.383 e. The highest BCUT2D eigenvalue weighted by Crippen LogP contribution is 2.42. The van der Waals surface area contributed by atoms with Gasteiger partial charge in [0, 0.05) is 23.8 Å². The second-order valence-electron chi connectivity index (χ2n) is 9.43. The van der Waals surface area contributed by atoms with Crippen LogP contribution in [0.4, 0.5) is 5.82 Å². The van der Waals surface area contributed by atoms with Gasteiger partial charge in [-0.3, -0.25) is 4.98 Å². The molecule has 3 atom stereocenters. The number of hydrogen-bond acceptors (Lipinski definition) is 6. The van der Waals surface area contributed by atoms with Crippen molar-refractivity contribution in [3.05, 3.63) is 59.6 Å². The summed E-state index contributed by atoms with van der Waals surface area (Å²) in [6, 6.07) is 10.5. The van der Waals surface area contributed by atoms with Crippen LogP contribution in [0.25, 0.3) is 21.9 Å². The minimum absolute atomic E-state index is 0.0518. The molecular weight excluding hydrogens is 438 g/mol. The normalized spacial score (nSPS) is 21.3. The van der Waals surface area contributed by atoms with Gasteiger partial charge in [-0.15, -0.1) is 0 Å². The lowest BCUT2D eigenvalue weighted by Crippen LogP contribution is -2.32. The number of aliphatic hydroxyl groups is 1. The van der Waals surface area contributed by atoms with Crippen LogP contribution in [0.15, 0.2) is 49.1 Å². The first-order valence-corrected chi connectivity index (χ1v) is 11.7. The van der Waals surface area contributed by atoms with Crippen LogP contribution in [0.1, 0.15) is 44.7 Å². The molecule has 2 unspecified atom stereocenters. The molecule has 7 nitrogen and oxygen atoms in total. The maximum atomic E-state index is 10.4. The van der Waals surface area contributed by atoms with Crippen molar-refractivity contribution in [1.82, 2.24) is 19.5 Å². The Morgan fingerprint density at radius 3 is 2.85 bits per heavy atom. The highest BCUT2D eigenvalue weighted by Gasteiger charge is 2.38. The molecule has 3 aromatic heterocycles. The second-order valence-corrected chi connectivity index (χ2v) is 9.86. The number of rotatable bonds is 6. The number of aromatic nitrogens is 4. The summed E-state index contributed by atoms with van der Waals surface area (Å²) in [5.41, 5.74) is 9.05. The van der Waals surface area contributed by atoms with Gasteiger partial charge < -0.3 is 20.1 Å². The van der Waals surface area contributed by atoms with Gasteiger partial charge in [0.15, 0.2) is 5.79 Å². The van der Waals surface area contributed by atoms with Crippen molar-refractivity contribution in [2.45, 2.75) is 57.5 Å². The van der Waals surface area contributed by atoms with Crippen LogP contribution in [0.3, 0.4) is 0 Å². The molecule has 5 rings (SSSR count). The molecule has 0 radical (unpaired) electrons. The van der Waals surface area contributed by atoms with E-state index in [4.69, 9.17) is 22.1 Å². The lowest BCUT2D eigenvalue weighted by molar-refractivity contribution is -0.212. The molecule has 1 aliphatic carbocycles. The number of nitrogens with zero attached hydrogens (tertiary/aromatic N) is 4. The molecule has 8 heteroatoms. The molecule has 172 valence electrons. The number of aryl methyl sites for hydroxylation is 1. The standard InChI is InChI=1S/C25H28ClN5O2/c1-25(2,32)33-22-12-19(31-8-7-20-23(27)29-14-30-24(20)31)11-17(22)6-4-15-3-5-16-10-18(26)13-28-21(16)9-15/h3,5,7-10,13-14,17,19,22,32H,4,6,11-12H2,1-2H3,(H2,27,29,30)/t17?,19?,22-/m0/s1. The van der Waals surface area contributed by atoms with Gasteiger partial charge in [-0.25, -0.2) is 9.97 Å². The summed E-state index contributed by atoms with van der Waals surface area (Å²) < 4.78 is 8.28. The van der Waals surface area contributed by atoms with Crippen LogP contribution in [0.5, 0.6) is 0 Å². The number of nitrogens with two attached hydrogens (primary N) is 1. The van der Waals surface area contributed by atoms with Gasteiger partial charge >= 0.3 is 0 Å². The van der Waals surface area contributed by atoms with Gasteiger partial charge in [-0.2, -0.15) is 0 Å². The SMILES string of the molecule is CC(C)(O)O[C@H]1CC(n2ccc3c(N)ncnc32)CC1CCc1ccc2cc(Cl)cnc2c1. The fraction of sp³-hybridized carbons (Fsp3) is 0.400. The Balaban J connectivity index is 1.36. The Bertz CT molecular complexity index is 1300. The van der Waals surface area contributed by atoms with Gasteiger partial charge in [-0.05, 0) is 69.2 Å². The molecule has 33 heavy (non-hydrogen) atoms. The van der Waals surface area contributed by atoms with E-state index in [1.54, 1.807) is 20.0 Å². The van der Waals surface area contributed by atoms with Crippen LogP contribution < -0.4 is 5.73 Å². The Morgan fingerprint density at radius 1 is 1.18 bits per heavy atom. The first-order valence-electron chi connectivity index (χ1n) is 11.3. The van der Waals surface area contributed by atoms with Gasteiger partial charge in [0.05, 0.1) is 22.0 Å². The number of hydrogen-bond donors (Lipinski definition) is 2. The number of ether oxygens (including phenoxy) is 1. The molecule has 1 saturated carbocycles. The van der Waals surface area contributed by atoms with E-state index in [1.807, 2.05) is 18.3 Å². The number of pyridine rings is 1. The zero-order valence-electron chi connectivity index (χ0n) is 18.8. The van der Waals surface area contributed by atoms with Crippen molar-refractivity contribution in [3.8, 4) is 0 Å². The minimum Gasteiger partial charge on any atom is -0.383 e. The van der Waals surface area contributed by atoms with Crippen molar-refractivity contribution in [2.24, 2.45) is 5.92 Å². The maximum Gasteiger partial charge on any atom is 0.160 e. The van der Waals surface area contributed by atoms with Gasteiger partial charge in [0.25, 0.3) is 0 Å². The lowest BCUT2D eigenvalue weighted by Gasteiger charge is -2.27. The zero-order valence-corrected chi connectivity index (χ0v) is 19.5. The molecule has 4 aromatic rings. The van der Waals surface area contributed by atoms with Crippen molar-refractivity contribution < 1.29 is 9.84 Å². The van der Waals surface area contributed by atoms with Crippen LogP contribution in [-0.4, -0.2) is 36.5 Å². The maximum absolute atomic E-state index is 10.4. The van der Waals surface area contributed by atoms with Gasteiger partial charge in [0.1, 0.15) is 17.8 Å². The fourth-order valence-corrected chi connectivity index (χ4v) is 5.20. The summed E-state index contributed by atoms with van der Waals surface area (Å²) in [6.07, 6.45) is 8.77. The van der Waals surface area contributed by atoms with E-state index >= 15 is 0 Å². The van der Waals surface area contributed by atoms with Crippen LogP contribution in [0, 0.1) is 5.92 Å². The highest BCUT2D eigenvalue weighted by atomic mass is 35.5. The first kappa shape index (κ1) is 22.1. The van der Waals surface area contributed by atoms with E-state index in [-0.39, 0.29) is 12.1 Å². The van der Waals surface area contributed by atoms with E-state index in [1.165, 1.54) is 11.9 Å². The van der Waals surface area contributed by atoms with E-state index in [2.05, 4.69) is 37.7 Å². The zero-order chi connectivity index (χ0) is 23.2. The third kappa shape index (κ3) is 4.67. The van der Waals surface area contributed by atoms with Gasteiger partial charge in [0.2, 0.25) is 0 Å². The van der Waals surface area contributed by atoms with E-state index < -0.39 is 5.79 Å². The molecule has 0 spiro atoms. The molecule has 0 amide bonds. The molecule has 1 fully saturated rings. The molecular formula is C25H28ClN5O2.